The molecule has 0 heterocycles. The van der Waals surface area contributed by atoms with Gasteiger partial charge in [-0.15, -0.1) is 0 Å². The fourth-order valence-electron chi connectivity index (χ4n) is 2.05. The van der Waals surface area contributed by atoms with Gasteiger partial charge in [-0.3, -0.25) is 0 Å². The highest BCUT2D eigenvalue weighted by molar-refractivity contribution is 4.84. The van der Waals surface area contributed by atoms with Gasteiger partial charge in [0, 0.05) is 0 Å². The molecule has 1 N–H and O–H groups in total. The normalized spacial score (nSPS) is 25.0. The van der Waals surface area contributed by atoms with Gasteiger partial charge < -0.3 is 5.11 Å². The molecule has 0 amide bonds. The van der Waals surface area contributed by atoms with Gasteiger partial charge in [0.1, 0.15) is 0 Å². The van der Waals surface area contributed by atoms with Crippen molar-refractivity contribution in [2.75, 3.05) is 0 Å². The van der Waals surface area contributed by atoms with E-state index in [4.69, 9.17) is 0 Å². The molecule has 1 aliphatic rings. The summed E-state index contributed by atoms with van der Waals surface area (Å²) in [6.45, 7) is 6.56. The van der Waals surface area contributed by atoms with Crippen molar-refractivity contribution in [1.82, 2.24) is 0 Å². The zero-order valence-corrected chi connectivity index (χ0v) is 8.59. The smallest absolute Gasteiger partial charge is 0.0593 e. The summed E-state index contributed by atoms with van der Waals surface area (Å²) in [5.41, 5.74) is 0. The highest BCUT2D eigenvalue weighted by atomic mass is 16.3. The van der Waals surface area contributed by atoms with Gasteiger partial charge >= 0.3 is 0 Å². The molecular weight excluding hydrogens is 148 g/mol. The quantitative estimate of drug-likeness (QED) is 0.672. The predicted molar refractivity (Wildman–Crippen MR) is 52.0 cm³/mol. The molecule has 3 unspecified atom stereocenters. The van der Waals surface area contributed by atoms with E-state index in [9.17, 15) is 5.11 Å². The van der Waals surface area contributed by atoms with Crippen LogP contribution in [0, 0.1) is 17.8 Å². The lowest BCUT2D eigenvalue weighted by atomic mass is 9.87. The first-order valence-electron chi connectivity index (χ1n) is 5.34. The van der Waals surface area contributed by atoms with E-state index in [1.165, 1.54) is 19.3 Å². The van der Waals surface area contributed by atoms with E-state index in [2.05, 4.69) is 20.8 Å². The van der Waals surface area contributed by atoms with Crippen LogP contribution in [-0.4, -0.2) is 11.2 Å². The Morgan fingerprint density at radius 1 is 1.33 bits per heavy atom. The minimum atomic E-state index is -0.0579. The van der Waals surface area contributed by atoms with Crippen LogP contribution in [0.2, 0.25) is 0 Å². The molecule has 1 saturated carbocycles. The topological polar surface area (TPSA) is 20.2 Å². The zero-order valence-electron chi connectivity index (χ0n) is 8.59. The molecule has 0 bridgehead atoms. The molecular formula is C11H22O. The van der Waals surface area contributed by atoms with E-state index >= 15 is 0 Å². The summed E-state index contributed by atoms with van der Waals surface area (Å²) in [6, 6.07) is 0. The summed E-state index contributed by atoms with van der Waals surface area (Å²) < 4.78 is 0. The van der Waals surface area contributed by atoms with E-state index < -0.39 is 0 Å². The molecule has 0 aromatic rings. The van der Waals surface area contributed by atoms with E-state index in [1.807, 2.05) is 0 Å². The van der Waals surface area contributed by atoms with Crippen LogP contribution in [0.25, 0.3) is 0 Å². The molecule has 3 atom stereocenters. The second kappa shape index (κ2) is 4.27. The van der Waals surface area contributed by atoms with E-state index in [0.29, 0.717) is 11.8 Å². The molecule has 0 aromatic carbocycles. The number of hydrogen-bond acceptors (Lipinski definition) is 1. The molecule has 1 heteroatoms. The highest BCUT2D eigenvalue weighted by Crippen LogP contribution is 2.40. The van der Waals surface area contributed by atoms with Crippen molar-refractivity contribution in [2.24, 2.45) is 17.8 Å². The molecule has 1 rings (SSSR count). The summed E-state index contributed by atoms with van der Waals surface area (Å²) in [5.74, 6) is 1.86. The Bertz CT molecular complexity index is 129. The van der Waals surface area contributed by atoms with Gasteiger partial charge in [0.15, 0.2) is 0 Å². The van der Waals surface area contributed by atoms with Crippen LogP contribution in [0.5, 0.6) is 0 Å². The molecule has 0 radical (unpaired) electrons. The minimum Gasteiger partial charge on any atom is -0.393 e. The van der Waals surface area contributed by atoms with Crippen molar-refractivity contribution in [2.45, 2.75) is 52.6 Å². The minimum absolute atomic E-state index is 0.0579. The summed E-state index contributed by atoms with van der Waals surface area (Å²) in [4.78, 5) is 0. The summed E-state index contributed by atoms with van der Waals surface area (Å²) in [6.07, 6.45) is 4.99. The lowest BCUT2D eigenvalue weighted by Crippen LogP contribution is -2.26. The largest absolute Gasteiger partial charge is 0.393 e. The second-order valence-electron chi connectivity index (χ2n) is 4.45. The van der Waals surface area contributed by atoms with Crippen molar-refractivity contribution < 1.29 is 5.11 Å². The van der Waals surface area contributed by atoms with Gasteiger partial charge in [-0.1, -0.05) is 27.2 Å². The zero-order chi connectivity index (χ0) is 9.14. The molecule has 0 aliphatic heterocycles. The average Bonchev–Trinajstić information content (AvgIpc) is 2.84. The third kappa shape index (κ3) is 2.48. The van der Waals surface area contributed by atoms with Gasteiger partial charge in [0.25, 0.3) is 0 Å². The summed E-state index contributed by atoms with van der Waals surface area (Å²) >= 11 is 0. The molecule has 12 heavy (non-hydrogen) atoms. The Kier molecular flexibility index (Phi) is 3.57. The maximum atomic E-state index is 9.93. The number of hydrogen-bond donors (Lipinski definition) is 1. The number of rotatable bonds is 5. The second-order valence-corrected chi connectivity index (χ2v) is 4.45. The summed E-state index contributed by atoms with van der Waals surface area (Å²) in [7, 11) is 0. The van der Waals surface area contributed by atoms with E-state index in [1.54, 1.807) is 0 Å². The van der Waals surface area contributed by atoms with Crippen LogP contribution in [0.3, 0.4) is 0 Å². The Labute approximate surface area is 76.2 Å². The maximum Gasteiger partial charge on any atom is 0.0593 e. The van der Waals surface area contributed by atoms with E-state index in [-0.39, 0.29) is 6.10 Å². The third-order valence-corrected chi connectivity index (χ3v) is 3.23. The number of aliphatic hydroxyl groups excluding tert-OH is 1. The monoisotopic (exact) mass is 170 g/mol. The third-order valence-electron chi connectivity index (χ3n) is 3.23. The molecule has 72 valence electrons. The fraction of sp³-hybridized carbons (Fsp3) is 1.00. The van der Waals surface area contributed by atoms with Crippen LogP contribution in [0.4, 0.5) is 0 Å². The standard InChI is InChI=1S/C11H22O/c1-4-5-8(2)11(12)9(3)10-6-7-10/h8-12H,4-7H2,1-3H3. The Morgan fingerprint density at radius 3 is 2.33 bits per heavy atom. The van der Waals surface area contributed by atoms with Crippen LogP contribution < -0.4 is 0 Å². The Hall–Kier alpha value is -0.0400. The SMILES string of the molecule is CCCC(C)C(O)C(C)C1CC1. The van der Waals surface area contributed by atoms with Crippen LogP contribution in [0.1, 0.15) is 46.5 Å². The van der Waals surface area contributed by atoms with Crippen LogP contribution in [0.15, 0.2) is 0 Å². The molecule has 0 spiro atoms. The maximum absolute atomic E-state index is 9.93. The van der Waals surface area contributed by atoms with Crippen molar-refractivity contribution >= 4 is 0 Å². The molecule has 0 aromatic heterocycles. The Balaban J connectivity index is 2.28. The van der Waals surface area contributed by atoms with Gasteiger partial charge in [-0.25, -0.2) is 0 Å². The lowest BCUT2D eigenvalue weighted by Gasteiger charge is -2.24. The lowest BCUT2D eigenvalue weighted by molar-refractivity contribution is 0.0516. The van der Waals surface area contributed by atoms with Gasteiger partial charge in [0.05, 0.1) is 6.10 Å². The molecule has 1 fully saturated rings. The average molecular weight is 170 g/mol. The Morgan fingerprint density at radius 2 is 1.92 bits per heavy atom. The predicted octanol–water partition coefficient (Wildman–Crippen LogP) is 2.83. The van der Waals surface area contributed by atoms with Crippen molar-refractivity contribution in [3.8, 4) is 0 Å². The first-order chi connectivity index (χ1) is 5.66. The highest BCUT2D eigenvalue weighted by Gasteiger charge is 2.34. The number of aliphatic hydroxyl groups is 1. The molecule has 1 aliphatic carbocycles. The van der Waals surface area contributed by atoms with E-state index in [0.717, 1.165) is 12.3 Å². The first-order valence-corrected chi connectivity index (χ1v) is 5.34. The van der Waals surface area contributed by atoms with Crippen molar-refractivity contribution in [3.05, 3.63) is 0 Å². The van der Waals surface area contributed by atoms with Gasteiger partial charge in [-0.05, 0) is 37.0 Å². The van der Waals surface area contributed by atoms with Crippen molar-refractivity contribution in [1.29, 1.82) is 0 Å². The fourth-order valence-corrected chi connectivity index (χ4v) is 2.05. The van der Waals surface area contributed by atoms with Crippen LogP contribution in [-0.2, 0) is 0 Å². The van der Waals surface area contributed by atoms with Crippen molar-refractivity contribution in [3.63, 3.8) is 0 Å². The molecule has 1 nitrogen and oxygen atoms in total. The first kappa shape index (κ1) is 10.0. The van der Waals surface area contributed by atoms with Gasteiger partial charge in [-0.2, -0.15) is 0 Å². The van der Waals surface area contributed by atoms with Crippen LogP contribution >= 0.6 is 0 Å². The van der Waals surface area contributed by atoms with Gasteiger partial charge in [0.2, 0.25) is 0 Å². The summed E-state index contributed by atoms with van der Waals surface area (Å²) in [5, 5.41) is 9.93. The molecule has 0 saturated heterocycles.